The van der Waals surface area contributed by atoms with Crippen LogP contribution >= 0.6 is 0 Å². The van der Waals surface area contributed by atoms with Gasteiger partial charge in [-0.1, -0.05) is 138 Å². The van der Waals surface area contributed by atoms with Crippen LogP contribution in [0.2, 0.25) is 0 Å². The fourth-order valence-corrected chi connectivity index (χ4v) is 4.83. The maximum atomic E-state index is 5.27. The predicted octanol–water partition coefficient (Wildman–Crippen LogP) is 11.1. The second kappa shape index (κ2) is 29.0. The van der Waals surface area contributed by atoms with E-state index in [-0.39, 0.29) is 31.3 Å². The van der Waals surface area contributed by atoms with Gasteiger partial charge in [-0.05, 0) is 53.8 Å². The minimum Gasteiger partial charge on any atom is -0.660 e. The Labute approximate surface area is 368 Å². The van der Waals surface area contributed by atoms with Gasteiger partial charge in [0.1, 0.15) is 0 Å². The third-order valence-electron chi connectivity index (χ3n) is 8.18. The van der Waals surface area contributed by atoms with Gasteiger partial charge in [-0.2, -0.15) is 10.2 Å². The number of methoxy groups -OCH3 is 1. The van der Waals surface area contributed by atoms with Gasteiger partial charge in [0.2, 0.25) is 0 Å². The fourth-order valence-electron chi connectivity index (χ4n) is 4.83. The number of hydrogen-bond acceptors (Lipinski definition) is 8. The van der Waals surface area contributed by atoms with Gasteiger partial charge in [-0.3, -0.25) is 14.9 Å². The van der Waals surface area contributed by atoms with E-state index in [9.17, 15) is 0 Å². The van der Waals surface area contributed by atoms with Crippen molar-refractivity contribution in [3.8, 4) is 0 Å². The van der Waals surface area contributed by atoms with Gasteiger partial charge in [-0.15, -0.1) is 13.1 Å². The molecule has 0 spiro atoms. The fraction of sp³-hybridized carbons (Fsp3) is 0.830. The third kappa shape index (κ3) is 39.8. The first kappa shape index (κ1) is 59.9. The quantitative estimate of drug-likeness (QED) is 0.300. The number of nitrogens with zero attached hydrogens (tertiary/aromatic N) is 7. The molecule has 0 atom stereocenters. The van der Waals surface area contributed by atoms with Crippen molar-refractivity contribution in [3.05, 3.63) is 53.1 Å². The summed E-state index contributed by atoms with van der Waals surface area (Å²) >= 11 is 0. The minimum absolute atomic E-state index is 0. The van der Waals surface area contributed by atoms with E-state index in [1.54, 1.807) is 25.7 Å². The van der Waals surface area contributed by atoms with E-state index in [4.69, 9.17) is 9.47 Å². The van der Waals surface area contributed by atoms with Crippen LogP contribution in [0.5, 0.6) is 0 Å². The predicted molar refractivity (Wildman–Crippen MR) is 243 cm³/mol. The molecule has 4 heterocycles. The molecule has 57 heavy (non-hydrogen) atoms. The van der Waals surface area contributed by atoms with Crippen LogP contribution in [0.1, 0.15) is 155 Å². The average molecular weight is 974 g/mol. The summed E-state index contributed by atoms with van der Waals surface area (Å²) in [5.74, 6) is 0. The Bertz CT molecular complexity index is 1180. The summed E-state index contributed by atoms with van der Waals surface area (Å²) in [4.78, 5) is 13.2. The molecule has 2 fully saturated rings. The molecule has 4 rings (SSSR count). The Balaban J connectivity index is -0.000000620. The van der Waals surface area contributed by atoms with Crippen LogP contribution in [0, 0.1) is 28.6 Å². The number of rotatable bonds is 3. The van der Waals surface area contributed by atoms with E-state index in [2.05, 4.69) is 167 Å². The monoisotopic (exact) mass is 974 g/mol. The molecule has 0 saturated carbocycles. The van der Waals surface area contributed by atoms with Crippen LogP contribution in [0.4, 0.5) is 0 Å². The summed E-state index contributed by atoms with van der Waals surface area (Å²) in [7, 11) is 1.73. The van der Waals surface area contributed by atoms with Crippen molar-refractivity contribution >= 4 is 0 Å². The summed E-state index contributed by atoms with van der Waals surface area (Å²) < 4.78 is 10.2. The zero-order valence-electron chi connectivity index (χ0n) is 41.2. The molecule has 0 N–H and O–H groups in total. The molecule has 0 aromatic carbocycles. The molecule has 9 nitrogen and oxygen atoms in total. The van der Waals surface area contributed by atoms with E-state index < -0.39 is 0 Å². The molecule has 2 saturated heterocycles. The SMILES string of the molecule is CC(C)(C)CN1CCOCC1.CC(C)(C)CN1CC[N-]CC1.CC(C)(C)c1cnccn1.CCC(C)(C)C.COCC(C)(C)C.Cc1ccc(C(C)(C)C)nn1.[Re]. The number of hydrogen-bond donors (Lipinski definition) is 0. The van der Waals surface area contributed by atoms with E-state index in [1.807, 2.05) is 19.1 Å². The zero-order chi connectivity index (χ0) is 43.9. The van der Waals surface area contributed by atoms with Crippen LogP contribution in [-0.4, -0.2) is 109 Å². The molecule has 2 aromatic rings. The smallest absolute Gasteiger partial charge is 0.0684 e. The zero-order valence-corrected chi connectivity index (χ0v) is 43.9. The van der Waals surface area contributed by atoms with Crippen molar-refractivity contribution in [3.63, 3.8) is 0 Å². The van der Waals surface area contributed by atoms with E-state index in [0.717, 1.165) is 76.2 Å². The summed E-state index contributed by atoms with van der Waals surface area (Å²) in [6, 6.07) is 4.02. The standard InChI is InChI=1S/C9H14N2.C9H19N2.C9H19NO.C8H12N2.C6H14O.C6H14.Re/c1-7-5-6-8(11-10-7)9(2,3)4;1-9(2,3)8-11-6-4-10-5-7-11;1-9(2,3)8-10-4-6-11-7-5-10;1-8(2,3)7-6-9-4-5-10-7;1-6(2,3)5-7-4;1-5-6(2,3)4;/h5-6H,1-4H3;2*4-8H2,1-3H3;4-6H,1-3H3;5H2,1-4H3;5H2,1-4H3;/q;-1;;;;;. The van der Waals surface area contributed by atoms with E-state index in [0.29, 0.717) is 21.7 Å². The Morgan fingerprint density at radius 1 is 0.632 bits per heavy atom. The molecule has 0 amide bonds. The van der Waals surface area contributed by atoms with Gasteiger partial charge in [0.05, 0.1) is 36.9 Å². The summed E-state index contributed by atoms with van der Waals surface area (Å²) in [5, 5.41) is 12.4. The number of aryl methyl sites for hydroxylation is 1. The molecule has 2 aromatic heterocycles. The Hall–Kier alpha value is -1.38. The van der Waals surface area contributed by atoms with E-state index >= 15 is 0 Å². The second-order valence-corrected chi connectivity index (χ2v) is 22.0. The molecule has 0 bridgehead atoms. The average Bonchev–Trinajstić information content (AvgIpc) is 3.05. The van der Waals surface area contributed by atoms with Gasteiger partial charge in [-0.25, -0.2) is 0 Å². The first-order valence-corrected chi connectivity index (χ1v) is 21.1. The molecule has 1 radical (unpaired) electrons. The first-order chi connectivity index (χ1) is 25.4. The number of ether oxygens (including phenoxy) is 2. The van der Waals surface area contributed by atoms with Crippen molar-refractivity contribution in [1.29, 1.82) is 0 Å². The molecule has 10 heteroatoms. The summed E-state index contributed by atoms with van der Waals surface area (Å²) in [6.07, 6.45) is 6.49. The minimum atomic E-state index is 0. The van der Waals surface area contributed by atoms with Crippen LogP contribution in [-0.2, 0) is 40.7 Å². The van der Waals surface area contributed by atoms with Gasteiger partial charge < -0.3 is 19.7 Å². The first-order valence-electron chi connectivity index (χ1n) is 21.1. The molecule has 2 aliphatic heterocycles. The maximum Gasteiger partial charge on any atom is 0.0684 e. The van der Waals surface area contributed by atoms with Crippen LogP contribution < -0.4 is 0 Å². The summed E-state index contributed by atoms with van der Waals surface area (Å²) in [5.41, 5.74) is 5.02. The van der Waals surface area contributed by atoms with Crippen molar-refractivity contribution in [2.24, 2.45) is 21.7 Å². The molecule has 2 aliphatic rings. The van der Waals surface area contributed by atoms with Crippen molar-refractivity contribution in [2.45, 2.75) is 156 Å². The Morgan fingerprint density at radius 3 is 1.37 bits per heavy atom. The van der Waals surface area contributed by atoms with Gasteiger partial charge in [0.15, 0.2) is 0 Å². The van der Waals surface area contributed by atoms with Crippen LogP contribution in [0.25, 0.3) is 5.32 Å². The van der Waals surface area contributed by atoms with Crippen molar-refractivity contribution < 1.29 is 29.9 Å². The number of piperazine rings is 1. The molecule has 335 valence electrons. The van der Waals surface area contributed by atoms with Crippen LogP contribution in [0.15, 0.2) is 30.7 Å². The molecule has 0 aliphatic carbocycles. The molecular formula is C47H92N7O2Re-. The normalized spacial score (nSPS) is 15.5. The van der Waals surface area contributed by atoms with Crippen molar-refractivity contribution in [1.82, 2.24) is 30.0 Å². The third-order valence-corrected chi connectivity index (χ3v) is 8.18. The van der Waals surface area contributed by atoms with Gasteiger partial charge >= 0.3 is 0 Å². The van der Waals surface area contributed by atoms with Crippen molar-refractivity contribution in [2.75, 3.05) is 79.3 Å². The van der Waals surface area contributed by atoms with Crippen LogP contribution in [0.3, 0.4) is 0 Å². The topological polar surface area (TPSA) is 90.6 Å². The summed E-state index contributed by atoms with van der Waals surface area (Å²) in [6.45, 7) is 55.5. The number of aromatic nitrogens is 4. The Morgan fingerprint density at radius 2 is 1.09 bits per heavy atom. The molecule has 0 unspecified atom stereocenters. The van der Waals surface area contributed by atoms with E-state index in [1.165, 1.54) is 19.5 Å². The molecular weight excluding hydrogens is 881 g/mol. The largest absolute Gasteiger partial charge is 0.660 e. The van der Waals surface area contributed by atoms with Gasteiger partial charge in [0.25, 0.3) is 0 Å². The van der Waals surface area contributed by atoms with Gasteiger partial charge in [0, 0.05) is 83.1 Å². The number of morpholine rings is 1. The second-order valence-electron chi connectivity index (χ2n) is 22.0. The maximum absolute atomic E-state index is 5.27. The Kier molecular flexibility index (Phi) is 30.5.